The van der Waals surface area contributed by atoms with E-state index in [1.54, 1.807) is 26.0 Å². The second-order valence-corrected chi connectivity index (χ2v) is 5.71. The Labute approximate surface area is 96.0 Å². The fourth-order valence-corrected chi connectivity index (χ4v) is 0.926. The van der Waals surface area contributed by atoms with Crippen molar-refractivity contribution >= 4 is 39.3 Å². The van der Waals surface area contributed by atoms with Gasteiger partial charge in [-0.3, -0.25) is 4.79 Å². The third kappa shape index (κ3) is 3.27. The number of rotatable bonds is 2. The molecule has 76 valence electrons. The van der Waals surface area contributed by atoms with Crippen LogP contribution in [0.15, 0.2) is 18.3 Å². The highest BCUT2D eigenvalue weighted by Crippen LogP contribution is 2.18. The average Bonchev–Trinajstić information content (AvgIpc) is 2.07. The first-order valence-corrected chi connectivity index (χ1v) is 5.18. The number of nitrogens with one attached hydrogen (secondary N) is 1. The number of amides is 1. The smallest absolute Gasteiger partial charge is 0.241 e. The molecule has 14 heavy (non-hydrogen) atoms. The predicted octanol–water partition coefficient (Wildman–Crippen LogP) is 2.85. The van der Waals surface area contributed by atoms with Gasteiger partial charge in [0.05, 0.1) is 9.35 Å². The number of pyridine rings is 1. The van der Waals surface area contributed by atoms with Gasteiger partial charge in [0, 0.05) is 6.20 Å². The van der Waals surface area contributed by atoms with Crippen LogP contribution in [0.5, 0.6) is 0 Å². The SMILES string of the molecule is CC(C)(Br)C(=O)Nc1ccc(Cl)cn1. The van der Waals surface area contributed by atoms with Crippen molar-refractivity contribution in [3.63, 3.8) is 0 Å². The summed E-state index contributed by atoms with van der Waals surface area (Å²) in [4.78, 5) is 15.4. The summed E-state index contributed by atoms with van der Waals surface area (Å²) < 4.78 is -0.603. The minimum atomic E-state index is -0.603. The number of anilines is 1. The van der Waals surface area contributed by atoms with Crippen LogP contribution in [0.4, 0.5) is 5.82 Å². The summed E-state index contributed by atoms with van der Waals surface area (Å²) in [5.41, 5.74) is 0. The molecule has 3 nitrogen and oxygen atoms in total. The minimum absolute atomic E-state index is 0.146. The van der Waals surface area contributed by atoms with Crippen molar-refractivity contribution < 1.29 is 4.79 Å². The molecule has 1 N–H and O–H groups in total. The van der Waals surface area contributed by atoms with Gasteiger partial charge in [-0.25, -0.2) is 4.98 Å². The molecule has 1 amide bonds. The third-order valence-electron chi connectivity index (χ3n) is 1.51. The summed E-state index contributed by atoms with van der Waals surface area (Å²) in [7, 11) is 0. The Morgan fingerprint density at radius 3 is 2.64 bits per heavy atom. The number of hydrogen-bond donors (Lipinski definition) is 1. The maximum atomic E-state index is 11.5. The molecule has 0 bridgehead atoms. The summed E-state index contributed by atoms with van der Waals surface area (Å²) in [6.45, 7) is 3.52. The number of halogens is 2. The molecule has 0 atom stereocenters. The molecule has 5 heteroatoms. The van der Waals surface area contributed by atoms with E-state index in [-0.39, 0.29) is 5.91 Å². The monoisotopic (exact) mass is 276 g/mol. The van der Waals surface area contributed by atoms with Crippen molar-refractivity contribution in [2.24, 2.45) is 0 Å². The minimum Gasteiger partial charge on any atom is -0.309 e. The maximum Gasteiger partial charge on any atom is 0.241 e. The lowest BCUT2D eigenvalue weighted by atomic mass is 10.2. The van der Waals surface area contributed by atoms with Crippen LogP contribution in [0, 0.1) is 0 Å². The van der Waals surface area contributed by atoms with Gasteiger partial charge in [0.25, 0.3) is 0 Å². The van der Waals surface area contributed by atoms with Gasteiger partial charge in [0.15, 0.2) is 0 Å². The van der Waals surface area contributed by atoms with E-state index in [0.29, 0.717) is 10.8 Å². The quantitative estimate of drug-likeness (QED) is 0.845. The van der Waals surface area contributed by atoms with Crippen LogP contribution in [-0.4, -0.2) is 15.2 Å². The van der Waals surface area contributed by atoms with Crippen molar-refractivity contribution in [2.45, 2.75) is 18.2 Å². The molecular formula is C9H10BrClN2O. The standard InChI is InChI=1S/C9H10BrClN2O/c1-9(2,10)8(14)13-7-4-3-6(11)5-12-7/h3-5H,1-2H3,(H,12,13,14). The zero-order chi connectivity index (χ0) is 10.8. The fourth-order valence-electron chi connectivity index (χ4n) is 0.715. The van der Waals surface area contributed by atoms with E-state index >= 15 is 0 Å². The van der Waals surface area contributed by atoms with Gasteiger partial charge in [0.1, 0.15) is 5.82 Å². The summed E-state index contributed by atoms with van der Waals surface area (Å²) in [5, 5.41) is 3.20. The Kier molecular flexibility index (Phi) is 3.50. The van der Waals surface area contributed by atoms with Gasteiger partial charge in [0.2, 0.25) is 5.91 Å². The molecule has 0 saturated heterocycles. The van der Waals surface area contributed by atoms with Crippen LogP contribution < -0.4 is 5.32 Å². The first-order chi connectivity index (χ1) is 6.39. The van der Waals surface area contributed by atoms with Gasteiger partial charge in [-0.1, -0.05) is 27.5 Å². The zero-order valence-corrected chi connectivity index (χ0v) is 10.2. The lowest BCUT2D eigenvalue weighted by Crippen LogP contribution is -2.31. The van der Waals surface area contributed by atoms with Crippen LogP contribution in [-0.2, 0) is 4.79 Å². The Bertz CT molecular complexity index is 332. The van der Waals surface area contributed by atoms with Crippen molar-refractivity contribution in [2.75, 3.05) is 5.32 Å². The van der Waals surface area contributed by atoms with Gasteiger partial charge in [-0.05, 0) is 26.0 Å². The summed E-state index contributed by atoms with van der Waals surface area (Å²) in [6.07, 6.45) is 1.48. The van der Waals surface area contributed by atoms with Gasteiger partial charge in [-0.2, -0.15) is 0 Å². The number of aromatic nitrogens is 1. The second kappa shape index (κ2) is 4.28. The largest absolute Gasteiger partial charge is 0.309 e. The second-order valence-electron chi connectivity index (χ2n) is 3.29. The Balaban J connectivity index is 2.71. The molecule has 0 aliphatic rings. The molecule has 0 saturated carbocycles. The normalized spacial score (nSPS) is 11.1. The zero-order valence-electron chi connectivity index (χ0n) is 7.84. The van der Waals surface area contributed by atoms with Crippen LogP contribution in [0.1, 0.15) is 13.8 Å². The van der Waals surface area contributed by atoms with Crippen molar-refractivity contribution in [1.82, 2.24) is 4.98 Å². The fraction of sp³-hybridized carbons (Fsp3) is 0.333. The summed E-state index contributed by atoms with van der Waals surface area (Å²) in [5.74, 6) is 0.347. The average molecular weight is 278 g/mol. The molecule has 1 heterocycles. The van der Waals surface area contributed by atoms with E-state index in [1.165, 1.54) is 6.20 Å². The topological polar surface area (TPSA) is 42.0 Å². The number of nitrogens with zero attached hydrogens (tertiary/aromatic N) is 1. The van der Waals surface area contributed by atoms with Gasteiger partial charge < -0.3 is 5.32 Å². The van der Waals surface area contributed by atoms with E-state index in [1.807, 2.05) is 0 Å². The van der Waals surface area contributed by atoms with Crippen molar-refractivity contribution in [3.8, 4) is 0 Å². The lowest BCUT2D eigenvalue weighted by Gasteiger charge is -2.14. The molecule has 0 aliphatic carbocycles. The lowest BCUT2D eigenvalue weighted by molar-refractivity contribution is -0.117. The predicted molar refractivity (Wildman–Crippen MR) is 60.9 cm³/mol. The molecule has 1 aromatic rings. The van der Waals surface area contributed by atoms with E-state index in [4.69, 9.17) is 11.6 Å². The van der Waals surface area contributed by atoms with Crippen LogP contribution >= 0.6 is 27.5 Å². The molecule has 0 aromatic carbocycles. The number of alkyl halides is 1. The molecule has 0 unspecified atom stereocenters. The Morgan fingerprint density at radius 1 is 1.57 bits per heavy atom. The number of carbonyl (C=O) groups is 1. The van der Waals surface area contributed by atoms with Crippen LogP contribution in [0.2, 0.25) is 5.02 Å². The number of carbonyl (C=O) groups excluding carboxylic acids is 1. The molecule has 0 radical (unpaired) electrons. The molecule has 0 spiro atoms. The van der Waals surface area contributed by atoms with E-state index in [0.717, 1.165) is 0 Å². The van der Waals surface area contributed by atoms with E-state index in [2.05, 4.69) is 26.2 Å². The molecule has 1 aromatic heterocycles. The Morgan fingerprint density at radius 2 is 2.21 bits per heavy atom. The van der Waals surface area contributed by atoms with E-state index in [9.17, 15) is 4.79 Å². The van der Waals surface area contributed by atoms with Crippen LogP contribution in [0.3, 0.4) is 0 Å². The molecular weight excluding hydrogens is 267 g/mol. The highest BCUT2D eigenvalue weighted by molar-refractivity contribution is 9.10. The summed E-state index contributed by atoms with van der Waals surface area (Å²) in [6, 6.07) is 3.32. The highest BCUT2D eigenvalue weighted by Gasteiger charge is 2.23. The Hall–Kier alpha value is -0.610. The molecule has 0 fully saturated rings. The van der Waals surface area contributed by atoms with Crippen LogP contribution in [0.25, 0.3) is 0 Å². The van der Waals surface area contributed by atoms with E-state index < -0.39 is 4.32 Å². The van der Waals surface area contributed by atoms with Crippen molar-refractivity contribution in [1.29, 1.82) is 0 Å². The molecule has 1 rings (SSSR count). The maximum absolute atomic E-state index is 11.5. The first kappa shape index (κ1) is 11.5. The first-order valence-electron chi connectivity index (χ1n) is 4.01. The third-order valence-corrected chi connectivity index (χ3v) is 2.09. The number of hydrogen-bond acceptors (Lipinski definition) is 2. The van der Waals surface area contributed by atoms with Crippen molar-refractivity contribution in [3.05, 3.63) is 23.4 Å². The van der Waals surface area contributed by atoms with Gasteiger partial charge in [-0.15, -0.1) is 0 Å². The van der Waals surface area contributed by atoms with Gasteiger partial charge >= 0.3 is 0 Å². The highest BCUT2D eigenvalue weighted by atomic mass is 79.9. The molecule has 0 aliphatic heterocycles. The summed E-state index contributed by atoms with van der Waals surface area (Å²) >= 11 is 8.90.